The van der Waals surface area contributed by atoms with Crippen molar-refractivity contribution in [3.63, 3.8) is 0 Å². The van der Waals surface area contributed by atoms with E-state index in [1.165, 1.54) is 12.8 Å². The van der Waals surface area contributed by atoms with E-state index in [0.29, 0.717) is 19.0 Å². The fourth-order valence-electron chi connectivity index (χ4n) is 2.21. The zero-order valence-corrected chi connectivity index (χ0v) is 14.3. The molecule has 4 N–H and O–H groups in total. The highest BCUT2D eigenvalue weighted by Gasteiger charge is 2.26. The molecule has 0 spiro atoms. The van der Waals surface area contributed by atoms with E-state index >= 15 is 0 Å². The second kappa shape index (κ2) is 7.41. The first-order valence-corrected chi connectivity index (χ1v) is 8.38. The average molecular weight is 375 g/mol. The largest absolute Gasteiger partial charge is 0.354 e. The van der Waals surface area contributed by atoms with Crippen LogP contribution in [0.5, 0.6) is 0 Å². The fourth-order valence-corrected chi connectivity index (χ4v) is 2.47. The lowest BCUT2D eigenvalue weighted by Crippen LogP contribution is -2.10. The van der Waals surface area contributed by atoms with Gasteiger partial charge in [-0.2, -0.15) is 5.10 Å². The third-order valence-corrected chi connectivity index (χ3v) is 4.16. The van der Waals surface area contributed by atoms with Gasteiger partial charge in [0.15, 0.2) is 0 Å². The summed E-state index contributed by atoms with van der Waals surface area (Å²) in [5.74, 6) is 6.62. The summed E-state index contributed by atoms with van der Waals surface area (Å²) in [6.45, 7) is 1.35. The maximum Gasteiger partial charge on any atom is 0.200 e. The maximum atomic E-state index is 5.35. The smallest absolute Gasteiger partial charge is 0.200 e. The van der Waals surface area contributed by atoms with E-state index in [4.69, 9.17) is 5.84 Å². The van der Waals surface area contributed by atoms with E-state index in [-0.39, 0.29) is 0 Å². The first-order valence-electron chi connectivity index (χ1n) is 7.58. The second-order valence-electron chi connectivity index (χ2n) is 5.44. The summed E-state index contributed by atoms with van der Waals surface area (Å²) in [4.78, 5) is 11.9. The number of aromatic amines is 1. The van der Waals surface area contributed by atoms with Crippen molar-refractivity contribution in [2.45, 2.75) is 12.8 Å². The normalized spacial score (nSPS) is 15.3. The van der Waals surface area contributed by atoms with Crippen LogP contribution in [-0.4, -0.2) is 35.0 Å². The van der Waals surface area contributed by atoms with E-state index in [9.17, 15) is 0 Å². The van der Waals surface area contributed by atoms with Crippen molar-refractivity contribution < 1.29 is 0 Å². The summed E-state index contributed by atoms with van der Waals surface area (Å²) in [6.07, 6.45) is 5.95. The molecule has 7 heteroatoms. The molecule has 0 aliphatic heterocycles. The van der Waals surface area contributed by atoms with Crippen molar-refractivity contribution in [1.82, 2.24) is 9.97 Å². The molecular weight excluding hydrogens is 356 g/mol. The van der Waals surface area contributed by atoms with E-state index in [0.717, 1.165) is 27.4 Å². The van der Waals surface area contributed by atoms with E-state index in [2.05, 4.69) is 41.3 Å². The summed E-state index contributed by atoms with van der Waals surface area (Å²) < 4.78 is 1.06. The van der Waals surface area contributed by atoms with Crippen molar-refractivity contribution in [3.8, 4) is 11.3 Å². The third-order valence-electron chi connectivity index (χ3n) is 3.63. The quantitative estimate of drug-likeness (QED) is 0.301. The number of rotatable bonds is 7. The minimum atomic E-state index is 0.523. The van der Waals surface area contributed by atoms with Gasteiger partial charge in [-0.1, -0.05) is 28.1 Å². The van der Waals surface area contributed by atoms with Crippen LogP contribution in [0.3, 0.4) is 0 Å². The Kier molecular flexibility index (Phi) is 5.07. The first kappa shape index (κ1) is 15.7. The number of nitrogens with zero attached hydrogens (tertiary/aromatic N) is 3. The molecule has 0 bridgehead atoms. The fraction of sp³-hybridized carbons (Fsp3) is 0.312. The summed E-state index contributed by atoms with van der Waals surface area (Å²) in [6, 6.07) is 8.09. The number of anilines is 1. The Morgan fingerprint density at radius 3 is 2.87 bits per heavy atom. The molecule has 3 rings (SSSR count). The van der Waals surface area contributed by atoms with Crippen LogP contribution < -0.4 is 11.2 Å². The predicted molar refractivity (Wildman–Crippen MR) is 97.9 cm³/mol. The van der Waals surface area contributed by atoms with Crippen molar-refractivity contribution in [3.05, 3.63) is 34.9 Å². The molecule has 1 aromatic carbocycles. The molecular formula is C16H19BrN6. The lowest BCUT2D eigenvalue weighted by Gasteiger charge is -2.00. The number of nitrogens with two attached hydrogens (primary N) is 1. The van der Waals surface area contributed by atoms with Crippen LogP contribution in [0.4, 0.5) is 5.95 Å². The van der Waals surface area contributed by atoms with Gasteiger partial charge in [0.1, 0.15) is 0 Å². The number of hydrazone groups is 1. The summed E-state index contributed by atoms with van der Waals surface area (Å²) >= 11 is 3.43. The van der Waals surface area contributed by atoms with Gasteiger partial charge < -0.3 is 16.1 Å². The van der Waals surface area contributed by atoms with Gasteiger partial charge in [-0.3, -0.25) is 4.99 Å². The van der Waals surface area contributed by atoms with Gasteiger partial charge >= 0.3 is 0 Å². The molecule has 1 heterocycles. The molecule has 1 aliphatic carbocycles. The summed E-state index contributed by atoms with van der Waals surface area (Å²) in [5, 5.41) is 7.00. The number of hydrogen-bond donors (Lipinski definition) is 3. The Labute approximate surface area is 143 Å². The van der Waals surface area contributed by atoms with Gasteiger partial charge in [0.2, 0.25) is 5.95 Å². The second-order valence-corrected chi connectivity index (χ2v) is 6.36. The minimum Gasteiger partial charge on any atom is -0.354 e. The maximum absolute atomic E-state index is 5.35. The number of aliphatic imine (C=N–C) groups is 1. The molecule has 1 saturated carbocycles. The van der Waals surface area contributed by atoms with Crippen molar-refractivity contribution >= 4 is 33.8 Å². The molecule has 120 valence electrons. The average Bonchev–Trinajstić information content (AvgIpc) is 3.30. The van der Waals surface area contributed by atoms with Crippen LogP contribution in [0.1, 0.15) is 12.8 Å². The Bertz CT molecular complexity index is 700. The van der Waals surface area contributed by atoms with Crippen LogP contribution in [0, 0.1) is 5.92 Å². The van der Waals surface area contributed by atoms with Crippen LogP contribution in [0.15, 0.2) is 45.0 Å². The molecule has 2 aromatic rings. The van der Waals surface area contributed by atoms with E-state index in [1.54, 1.807) is 6.21 Å². The predicted octanol–water partition coefficient (Wildman–Crippen LogP) is 3.05. The van der Waals surface area contributed by atoms with Crippen molar-refractivity contribution in [2.75, 3.05) is 18.4 Å². The van der Waals surface area contributed by atoms with E-state index in [1.807, 2.05) is 30.5 Å². The standard InChI is InChI=1S/C16H19BrN6/c17-13-5-3-11(4-6-13)14-10-21-16(22-14)20-8-7-19-9-15(23-18)12-1-2-12/h3-6,9-10,12H,1-2,7-8,18H2,(H2,20,21,22). The monoisotopic (exact) mass is 374 g/mol. The minimum absolute atomic E-state index is 0.523. The molecule has 23 heavy (non-hydrogen) atoms. The molecule has 0 radical (unpaired) electrons. The Morgan fingerprint density at radius 1 is 1.39 bits per heavy atom. The number of aromatic nitrogens is 2. The third kappa shape index (κ3) is 4.41. The SMILES string of the molecule is NN=C(C=NCCNc1ncc(-c2ccc(Br)cc2)[nH]1)C1CC1. The molecule has 0 saturated heterocycles. The molecule has 0 unspecified atom stereocenters. The topological polar surface area (TPSA) is 91.4 Å². The van der Waals surface area contributed by atoms with Crippen LogP contribution >= 0.6 is 15.9 Å². The van der Waals surface area contributed by atoms with Crippen molar-refractivity contribution in [1.29, 1.82) is 0 Å². The summed E-state index contributed by atoms with van der Waals surface area (Å²) in [7, 11) is 0. The highest BCUT2D eigenvalue weighted by molar-refractivity contribution is 9.10. The molecule has 0 atom stereocenters. The van der Waals surface area contributed by atoms with Crippen LogP contribution in [0.2, 0.25) is 0 Å². The highest BCUT2D eigenvalue weighted by atomic mass is 79.9. The van der Waals surface area contributed by atoms with Gasteiger partial charge in [0, 0.05) is 23.1 Å². The lowest BCUT2D eigenvalue weighted by atomic mass is 10.2. The van der Waals surface area contributed by atoms with Gasteiger partial charge in [-0.15, -0.1) is 0 Å². The number of H-pyrrole nitrogens is 1. The van der Waals surface area contributed by atoms with Gasteiger partial charge in [-0.05, 0) is 30.5 Å². The van der Waals surface area contributed by atoms with Gasteiger partial charge in [0.05, 0.1) is 24.1 Å². The van der Waals surface area contributed by atoms with Crippen molar-refractivity contribution in [2.24, 2.45) is 21.9 Å². The Balaban J connectivity index is 1.47. The molecule has 1 aromatic heterocycles. The lowest BCUT2D eigenvalue weighted by molar-refractivity contribution is 1.01. The van der Waals surface area contributed by atoms with Gasteiger partial charge in [0.25, 0.3) is 0 Å². The van der Waals surface area contributed by atoms with Crippen LogP contribution in [-0.2, 0) is 0 Å². The number of halogens is 1. The molecule has 1 fully saturated rings. The van der Waals surface area contributed by atoms with E-state index < -0.39 is 0 Å². The first-order chi connectivity index (χ1) is 11.3. The Hall–Kier alpha value is -2.15. The number of hydrogen-bond acceptors (Lipinski definition) is 5. The van der Waals surface area contributed by atoms with Crippen LogP contribution in [0.25, 0.3) is 11.3 Å². The zero-order chi connectivity index (χ0) is 16.1. The Morgan fingerprint density at radius 2 is 2.17 bits per heavy atom. The zero-order valence-electron chi connectivity index (χ0n) is 12.7. The number of benzene rings is 1. The molecule has 0 amide bonds. The number of imidazole rings is 1. The highest BCUT2D eigenvalue weighted by Crippen LogP contribution is 2.29. The molecule has 1 aliphatic rings. The van der Waals surface area contributed by atoms with Gasteiger partial charge in [-0.25, -0.2) is 4.98 Å². The number of nitrogens with one attached hydrogen (secondary N) is 2. The molecule has 6 nitrogen and oxygen atoms in total. The summed E-state index contributed by atoms with van der Waals surface area (Å²) in [5.41, 5.74) is 2.98.